The van der Waals surface area contributed by atoms with Gasteiger partial charge >= 0.3 is 12.4 Å². The van der Waals surface area contributed by atoms with Crippen molar-refractivity contribution in [2.75, 3.05) is 52.4 Å². The Labute approximate surface area is 254 Å². The van der Waals surface area contributed by atoms with E-state index in [2.05, 4.69) is 10.7 Å². The minimum absolute atomic E-state index is 0.0103. The van der Waals surface area contributed by atoms with Gasteiger partial charge in [-0.25, -0.2) is 4.79 Å². The Morgan fingerprint density at radius 1 is 0.705 bits per heavy atom. The first kappa shape index (κ1) is 29.9. The van der Waals surface area contributed by atoms with Crippen LogP contribution >= 0.6 is 0 Å². The fourth-order valence-electron chi connectivity index (χ4n) is 6.63. The monoisotopic (exact) mass is 608 g/mol. The van der Waals surface area contributed by atoms with Crippen molar-refractivity contribution in [1.29, 1.82) is 0 Å². The van der Waals surface area contributed by atoms with Crippen molar-refractivity contribution in [1.82, 2.24) is 19.6 Å². The molecule has 4 amide bonds. The van der Waals surface area contributed by atoms with Crippen molar-refractivity contribution in [3.8, 4) is 18.1 Å². The van der Waals surface area contributed by atoms with Crippen LogP contribution in [0.3, 0.4) is 0 Å². The van der Waals surface area contributed by atoms with E-state index in [0.29, 0.717) is 65.2 Å². The van der Waals surface area contributed by atoms with Crippen LogP contribution in [0.5, 0.6) is 5.75 Å². The molecule has 2 saturated heterocycles. The summed E-state index contributed by atoms with van der Waals surface area (Å²) in [6.45, 7) is 3.88. The number of terminal acetylenes is 1. The fourth-order valence-corrected chi connectivity index (χ4v) is 6.63. The van der Waals surface area contributed by atoms with Crippen LogP contribution in [0.15, 0.2) is 48.5 Å². The number of piperazine rings is 2. The molecule has 0 N–H and O–H groups in total. The second kappa shape index (κ2) is 12.1. The highest BCUT2D eigenvalue weighted by Gasteiger charge is 2.46. The highest BCUT2D eigenvalue weighted by molar-refractivity contribution is 5.84. The zero-order valence-corrected chi connectivity index (χ0v) is 24.3. The third-order valence-electron chi connectivity index (χ3n) is 9.41. The largest absolute Gasteiger partial charge is 0.573 e. The van der Waals surface area contributed by atoms with E-state index < -0.39 is 6.36 Å². The van der Waals surface area contributed by atoms with Crippen molar-refractivity contribution in [3.63, 3.8) is 0 Å². The van der Waals surface area contributed by atoms with Gasteiger partial charge in [-0.15, -0.1) is 19.6 Å². The molecule has 0 bridgehead atoms. The van der Waals surface area contributed by atoms with Crippen molar-refractivity contribution in [2.45, 2.75) is 37.5 Å². The molecule has 0 spiro atoms. The molecule has 11 heteroatoms. The first-order valence-electron chi connectivity index (χ1n) is 15.1. The number of rotatable bonds is 5. The molecule has 2 aliphatic heterocycles. The van der Waals surface area contributed by atoms with Crippen LogP contribution in [0.2, 0.25) is 0 Å². The van der Waals surface area contributed by atoms with Gasteiger partial charge in [-0.05, 0) is 66.5 Å². The summed E-state index contributed by atoms with van der Waals surface area (Å²) in [7, 11) is 0. The van der Waals surface area contributed by atoms with Gasteiger partial charge in [0.2, 0.25) is 11.8 Å². The minimum Gasteiger partial charge on any atom is -0.406 e. The summed E-state index contributed by atoms with van der Waals surface area (Å²) in [6, 6.07) is 13.6. The number of ether oxygens (including phenoxy) is 1. The molecule has 6 rings (SSSR count). The quantitative estimate of drug-likeness (QED) is 0.476. The highest BCUT2D eigenvalue weighted by Crippen LogP contribution is 2.48. The van der Waals surface area contributed by atoms with Crippen molar-refractivity contribution in [2.24, 2.45) is 11.8 Å². The summed E-state index contributed by atoms with van der Waals surface area (Å²) in [6.07, 6.45) is 2.86. The number of carbonyl (C=O) groups is 3. The summed E-state index contributed by atoms with van der Waals surface area (Å²) in [5.74, 6) is 2.81. The number of hydrogen-bond acceptors (Lipinski definition) is 4. The van der Waals surface area contributed by atoms with Crippen LogP contribution in [0, 0.1) is 24.2 Å². The number of amides is 4. The van der Waals surface area contributed by atoms with Gasteiger partial charge in [0.15, 0.2) is 0 Å². The Hall–Kier alpha value is -4.20. The zero-order valence-electron chi connectivity index (χ0n) is 24.3. The second-order valence-corrected chi connectivity index (χ2v) is 12.1. The minimum atomic E-state index is -4.72. The van der Waals surface area contributed by atoms with Gasteiger partial charge in [0, 0.05) is 69.8 Å². The van der Waals surface area contributed by atoms with Gasteiger partial charge in [0.05, 0.1) is 0 Å². The van der Waals surface area contributed by atoms with Crippen molar-refractivity contribution < 1.29 is 32.3 Å². The number of halogens is 3. The number of nitrogens with zero attached hydrogens (tertiary/aromatic N) is 4. The van der Waals surface area contributed by atoms with E-state index in [1.807, 2.05) is 34.1 Å². The van der Waals surface area contributed by atoms with Crippen LogP contribution in [0.25, 0.3) is 0 Å². The lowest BCUT2D eigenvalue weighted by Gasteiger charge is -2.43. The zero-order chi connectivity index (χ0) is 31.0. The SMILES string of the molecule is C#Cc1ccc(C2CC2C(=O)N2CCN(C(=O)N3CCN(C(=O)C4CC(c5ccc(OC(F)(F)F)cc5)C4)CC3)CC2)cc1. The third kappa shape index (κ3) is 6.49. The maximum atomic E-state index is 13.2. The van der Waals surface area contributed by atoms with Crippen LogP contribution in [-0.2, 0) is 9.59 Å². The molecule has 4 aliphatic rings. The van der Waals surface area contributed by atoms with E-state index in [1.165, 1.54) is 12.1 Å². The van der Waals surface area contributed by atoms with Crippen molar-refractivity contribution >= 4 is 17.8 Å². The number of benzene rings is 2. The van der Waals surface area contributed by atoms with Gasteiger partial charge in [-0.3, -0.25) is 9.59 Å². The van der Waals surface area contributed by atoms with Gasteiger partial charge in [0.1, 0.15) is 5.75 Å². The first-order valence-corrected chi connectivity index (χ1v) is 15.1. The average molecular weight is 609 g/mol. The maximum absolute atomic E-state index is 13.2. The molecule has 2 saturated carbocycles. The molecular weight excluding hydrogens is 573 g/mol. The predicted molar refractivity (Wildman–Crippen MR) is 156 cm³/mol. The average Bonchev–Trinajstić information content (AvgIpc) is 3.81. The molecule has 2 aromatic rings. The highest BCUT2D eigenvalue weighted by atomic mass is 19.4. The lowest BCUT2D eigenvalue weighted by molar-refractivity contribution is -0.274. The maximum Gasteiger partial charge on any atom is 0.573 e. The predicted octanol–water partition coefficient (Wildman–Crippen LogP) is 4.27. The summed E-state index contributed by atoms with van der Waals surface area (Å²) in [5, 5.41) is 0. The molecule has 8 nitrogen and oxygen atoms in total. The van der Waals surface area contributed by atoms with E-state index in [-0.39, 0.29) is 47.3 Å². The number of alkyl halides is 3. The molecule has 2 aromatic carbocycles. The van der Waals surface area contributed by atoms with E-state index in [0.717, 1.165) is 23.1 Å². The Morgan fingerprint density at radius 2 is 1.20 bits per heavy atom. The molecule has 0 aromatic heterocycles. The molecule has 2 atom stereocenters. The molecule has 0 radical (unpaired) electrons. The third-order valence-corrected chi connectivity index (χ3v) is 9.41. The van der Waals surface area contributed by atoms with Gasteiger partial charge < -0.3 is 24.3 Å². The summed E-state index contributed by atoms with van der Waals surface area (Å²) in [5.41, 5.74) is 2.86. The van der Waals surface area contributed by atoms with Gasteiger partial charge in [0.25, 0.3) is 0 Å². The summed E-state index contributed by atoms with van der Waals surface area (Å²) >= 11 is 0. The van der Waals surface area contributed by atoms with Crippen LogP contribution in [0.4, 0.5) is 18.0 Å². The molecular formula is C33H35F3N4O4. The summed E-state index contributed by atoms with van der Waals surface area (Å²) in [4.78, 5) is 46.6. The first-order chi connectivity index (χ1) is 21.1. The van der Waals surface area contributed by atoms with Crippen LogP contribution in [0.1, 0.15) is 47.8 Å². The smallest absolute Gasteiger partial charge is 0.406 e. The van der Waals surface area contributed by atoms with Gasteiger partial charge in [-0.2, -0.15) is 0 Å². The Balaban J connectivity index is 0.904. The van der Waals surface area contributed by atoms with E-state index in [9.17, 15) is 27.6 Å². The molecule has 232 valence electrons. The lowest BCUT2D eigenvalue weighted by atomic mass is 9.71. The normalized spacial score (nSPS) is 25.1. The van der Waals surface area contributed by atoms with E-state index >= 15 is 0 Å². The van der Waals surface area contributed by atoms with Gasteiger partial charge in [-0.1, -0.05) is 30.2 Å². The lowest BCUT2D eigenvalue weighted by Crippen LogP contribution is -2.58. The Morgan fingerprint density at radius 3 is 1.73 bits per heavy atom. The summed E-state index contributed by atoms with van der Waals surface area (Å²) < 4.78 is 41.1. The Bertz CT molecular complexity index is 1420. The van der Waals surface area contributed by atoms with Crippen molar-refractivity contribution in [3.05, 3.63) is 65.2 Å². The molecule has 2 heterocycles. The molecule has 2 aliphatic carbocycles. The van der Waals surface area contributed by atoms with E-state index in [4.69, 9.17) is 6.42 Å². The molecule has 44 heavy (non-hydrogen) atoms. The number of carbonyl (C=O) groups excluding carboxylic acids is 3. The standard InChI is InChI=1S/C33H35F3N4O4/c1-2-22-3-5-24(6-4-22)28-21-29(28)31(42)38-13-17-40(18-14-38)32(43)39-15-11-37(12-16-39)30(41)26-19-25(20-26)23-7-9-27(10-8-23)44-33(34,35)36/h1,3-10,25-26,28-29H,11-21H2. The number of hydrogen-bond donors (Lipinski definition) is 0. The van der Waals surface area contributed by atoms with Crippen LogP contribution in [-0.4, -0.2) is 96.2 Å². The topological polar surface area (TPSA) is 73.4 Å². The van der Waals surface area contributed by atoms with E-state index in [1.54, 1.807) is 21.9 Å². The molecule has 2 unspecified atom stereocenters. The number of urea groups is 1. The fraction of sp³-hybridized carbons (Fsp3) is 0.485. The second-order valence-electron chi connectivity index (χ2n) is 12.1. The van der Waals surface area contributed by atoms with Crippen LogP contribution < -0.4 is 4.74 Å². The molecule has 4 fully saturated rings. The Kier molecular flexibility index (Phi) is 8.18.